The fourth-order valence-electron chi connectivity index (χ4n) is 2.75. The van der Waals surface area contributed by atoms with Crippen molar-refractivity contribution in [1.82, 2.24) is 15.1 Å². The lowest BCUT2D eigenvalue weighted by molar-refractivity contribution is 0.266. The van der Waals surface area contributed by atoms with Crippen molar-refractivity contribution >= 4 is 5.82 Å². The SMILES string of the molecule is Cc1nnc(N2CC(C)C(N(C)C)C2)c(C#N)c1C. The van der Waals surface area contributed by atoms with Gasteiger partial charge in [-0.05, 0) is 39.4 Å². The van der Waals surface area contributed by atoms with Crippen LogP contribution in [0.3, 0.4) is 0 Å². The summed E-state index contributed by atoms with van der Waals surface area (Å²) in [6, 6.07) is 2.78. The van der Waals surface area contributed by atoms with Crippen molar-refractivity contribution in [3.8, 4) is 6.07 Å². The van der Waals surface area contributed by atoms with Gasteiger partial charge in [0.15, 0.2) is 5.82 Å². The Balaban J connectivity index is 2.35. The maximum absolute atomic E-state index is 9.37. The molecule has 2 unspecified atom stereocenters. The van der Waals surface area contributed by atoms with E-state index < -0.39 is 0 Å². The molecule has 1 fully saturated rings. The van der Waals surface area contributed by atoms with Crippen molar-refractivity contribution < 1.29 is 0 Å². The molecule has 1 aromatic rings. The first-order valence-corrected chi connectivity index (χ1v) is 6.61. The van der Waals surface area contributed by atoms with Gasteiger partial charge in [0.2, 0.25) is 0 Å². The van der Waals surface area contributed by atoms with Crippen LogP contribution in [0, 0.1) is 31.1 Å². The maximum Gasteiger partial charge on any atom is 0.169 e. The zero-order chi connectivity index (χ0) is 14.2. The van der Waals surface area contributed by atoms with Crippen LogP contribution in [0.4, 0.5) is 5.82 Å². The van der Waals surface area contributed by atoms with Gasteiger partial charge in [-0.3, -0.25) is 0 Å². The maximum atomic E-state index is 9.37. The average molecular weight is 259 g/mol. The van der Waals surface area contributed by atoms with Gasteiger partial charge in [0.05, 0.1) is 5.69 Å². The summed E-state index contributed by atoms with van der Waals surface area (Å²) < 4.78 is 0. The summed E-state index contributed by atoms with van der Waals surface area (Å²) in [4.78, 5) is 4.43. The van der Waals surface area contributed by atoms with E-state index in [1.165, 1.54) is 0 Å². The molecule has 19 heavy (non-hydrogen) atoms. The van der Waals surface area contributed by atoms with Crippen LogP contribution < -0.4 is 4.90 Å². The molecule has 0 radical (unpaired) electrons. The van der Waals surface area contributed by atoms with E-state index in [0.29, 0.717) is 17.5 Å². The van der Waals surface area contributed by atoms with Crippen LogP contribution in [0.5, 0.6) is 0 Å². The summed E-state index contributed by atoms with van der Waals surface area (Å²) in [5, 5.41) is 17.8. The van der Waals surface area contributed by atoms with Crippen LogP contribution in [-0.2, 0) is 0 Å². The summed E-state index contributed by atoms with van der Waals surface area (Å²) >= 11 is 0. The van der Waals surface area contributed by atoms with Crippen molar-refractivity contribution in [1.29, 1.82) is 5.26 Å². The molecule has 2 rings (SSSR count). The van der Waals surface area contributed by atoms with Gasteiger partial charge in [0.1, 0.15) is 11.6 Å². The molecule has 2 atom stereocenters. The zero-order valence-corrected chi connectivity index (χ0v) is 12.3. The molecule has 0 amide bonds. The number of nitriles is 1. The molecule has 102 valence electrons. The predicted molar refractivity (Wildman–Crippen MR) is 75.1 cm³/mol. The van der Waals surface area contributed by atoms with Crippen molar-refractivity contribution in [2.75, 3.05) is 32.1 Å². The number of aromatic nitrogens is 2. The average Bonchev–Trinajstić information content (AvgIpc) is 2.74. The number of rotatable bonds is 2. The number of likely N-dealkylation sites (N-methyl/N-ethyl adjacent to an activating group) is 1. The second-order valence-corrected chi connectivity index (χ2v) is 5.63. The standard InChI is InChI=1S/C14H21N5/c1-9-7-19(8-13(9)18(4)5)14-12(6-15)10(2)11(3)16-17-14/h9,13H,7-8H2,1-5H3. The van der Waals surface area contributed by atoms with Gasteiger partial charge < -0.3 is 9.80 Å². The minimum absolute atomic E-state index is 0.495. The number of hydrogen-bond donors (Lipinski definition) is 0. The Bertz CT molecular complexity index is 517. The van der Waals surface area contributed by atoms with Gasteiger partial charge in [-0.15, -0.1) is 5.10 Å². The fraction of sp³-hybridized carbons (Fsp3) is 0.643. The first-order valence-electron chi connectivity index (χ1n) is 6.61. The third kappa shape index (κ3) is 2.41. The molecule has 0 saturated carbocycles. The molecule has 1 aliphatic rings. The largest absolute Gasteiger partial charge is 0.352 e. The molecule has 0 N–H and O–H groups in total. The van der Waals surface area contributed by atoms with Crippen LogP contribution in [-0.4, -0.2) is 48.3 Å². The summed E-state index contributed by atoms with van der Waals surface area (Å²) in [5.74, 6) is 1.30. The molecule has 5 nitrogen and oxygen atoms in total. The van der Waals surface area contributed by atoms with E-state index in [2.05, 4.69) is 47.1 Å². The van der Waals surface area contributed by atoms with E-state index in [0.717, 1.165) is 30.2 Å². The van der Waals surface area contributed by atoms with Gasteiger partial charge in [-0.2, -0.15) is 10.4 Å². The van der Waals surface area contributed by atoms with E-state index in [1.54, 1.807) is 0 Å². The van der Waals surface area contributed by atoms with Gasteiger partial charge in [-0.25, -0.2) is 0 Å². The lowest BCUT2D eigenvalue weighted by atomic mass is 10.1. The third-order valence-electron chi connectivity index (χ3n) is 4.08. The lowest BCUT2D eigenvalue weighted by Gasteiger charge is -2.23. The molecule has 2 heterocycles. The second kappa shape index (κ2) is 5.14. The van der Waals surface area contributed by atoms with Crippen LogP contribution in [0.2, 0.25) is 0 Å². The Kier molecular flexibility index (Phi) is 3.72. The molecule has 0 aliphatic carbocycles. The Labute approximate surface area is 114 Å². The van der Waals surface area contributed by atoms with E-state index in [1.807, 2.05) is 13.8 Å². The third-order valence-corrected chi connectivity index (χ3v) is 4.08. The molecule has 1 aromatic heterocycles. The molecular weight excluding hydrogens is 238 g/mol. The number of nitrogens with zero attached hydrogens (tertiary/aromatic N) is 5. The van der Waals surface area contributed by atoms with E-state index in [4.69, 9.17) is 0 Å². The lowest BCUT2D eigenvalue weighted by Crippen LogP contribution is -2.34. The van der Waals surface area contributed by atoms with Crippen LogP contribution in [0.15, 0.2) is 0 Å². The molecular formula is C14H21N5. The summed E-state index contributed by atoms with van der Waals surface area (Å²) in [6.45, 7) is 7.90. The van der Waals surface area contributed by atoms with Crippen molar-refractivity contribution in [3.05, 3.63) is 16.8 Å². The van der Waals surface area contributed by atoms with Gasteiger partial charge in [-0.1, -0.05) is 6.92 Å². The zero-order valence-electron chi connectivity index (χ0n) is 12.3. The molecule has 0 bridgehead atoms. The second-order valence-electron chi connectivity index (χ2n) is 5.63. The predicted octanol–water partition coefficient (Wildman–Crippen LogP) is 1.35. The minimum atomic E-state index is 0.495. The topological polar surface area (TPSA) is 56.1 Å². The normalized spacial score (nSPS) is 22.9. The Hall–Kier alpha value is -1.67. The van der Waals surface area contributed by atoms with Gasteiger partial charge in [0.25, 0.3) is 0 Å². The Morgan fingerprint density at radius 1 is 1.26 bits per heavy atom. The number of hydrogen-bond acceptors (Lipinski definition) is 5. The summed E-state index contributed by atoms with van der Waals surface area (Å²) in [7, 11) is 4.20. The van der Waals surface area contributed by atoms with E-state index in [9.17, 15) is 5.26 Å². The van der Waals surface area contributed by atoms with Crippen LogP contribution in [0.25, 0.3) is 0 Å². The Morgan fingerprint density at radius 2 is 1.95 bits per heavy atom. The number of anilines is 1. The fourth-order valence-corrected chi connectivity index (χ4v) is 2.75. The minimum Gasteiger partial charge on any atom is -0.352 e. The smallest absolute Gasteiger partial charge is 0.169 e. The van der Waals surface area contributed by atoms with Crippen LogP contribution in [0.1, 0.15) is 23.7 Å². The van der Waals surface area contributed by atoms with Crippen LogP contribution >= 0.6 is 0 Å². The summed E-state index contributed by atoms with van der Waals surface area (Å²) in [6.07, 6.45) is 0. The molecule has 1 aliphatic heterocycles. The first kappa shape index (κ1) is 13.8. The van der Waals surface area contributed by atoms with E-state index in [-0.39, 0.29) is 0 Å². The quantitative estimate of drug-likeness (QED) is 0.802. The molecule has 0 spiro atoms. The molecule has 5 heteroatoms. The monoisotopic (exact) mass is 259 g/mol. The molecule has 0 aromatic carbocycles. The Morgan fingerprint density at radius 3 is 2.47 bits per heavy atom. The highest BCUT2D eigenvalue weighted by molar-refractivity contribution is 5.58. The molecule has 1 saturated heterocycles. The van der Waals surface area contributed by atoms with Gasteiger partial charge >= 0.3 is 0 Å². The van der Waals surface area contributed by atoms with Crippen molar-refractivity contribution in [2.45, 2.75) is 26.8 Å². The highest BCUT2D eigenvalue weighted by Crippen LogP contribution is 2.28. The highest BCUT2D eigenvalue weighted by Gasteiger charge is 2.33. The van der Waals surface area contributed by atoms with Crippen molar-refractivity contribution in [2.24, 2.45) is 5.92 Å². The first-order chi connectivity index (χ1) is 8.95. The summed E-state index contributed by atoms with van der Waals surface area (Å²) in [5.41, 5.74) is 2.43. The highest BCUT2D eigenvalue weighted by atomic mass is 15.3. The van der Waals surface area contributed by atoms with Crippen molar-refractivity contribution in [3.63, 3.8) is 0 Å². The number of aryl methyl sites for hydroxylation is 1. The van der Waals surface area contributed by atoms with E-state index >= 15 is 0 Å². The van der Waals surface area contributed by atoms with Gasteiger partial charge in [0, 0.05) is 19.1 Å².